The fourth-order valence-electron chi connectivity index (χ4n) is 4.46. The Bertz CT molecular complexity index is 1180. The predicted molar refractivity (Wildman–Crippen MR) is 122 cm³/mol. The molecule has 1 saturated carbocycles. The summed E-state index contributed by atoms with van der Waals surface area (Å²) in [4.78, 5) is 15.3. The predicted octanol–water partition coefficient (Wildman–Crippen LogP) is 3.27. The minimum absolute atomic E-state index is 0.0827. The SMILES string of the molecule is CCc1cnc(N2C[C@@H]3C(COc4ccc(-c5ccc(S(C)(=O)=O)nc5)cc4)[C@@H]3C2)nc1. The van der Waals surface area contributed by atoms with Crippen molar-refractivity contribution in [3.05, 3.63) is 60.6 Å². The third-order valence-electron chi connectivity index (χ3n) is 6.50. The van der Waals surface area contributed by atoms with Crippen LogP contribution in [-0.2, 0) is 16.3 Å². The van der Waals surface area contributed by atoms with Crippen molar-refractivity contribution in [3.8, 4) is 16.9 Å². The molecule has 3 atom stereocenters. The largest absolute Gasteiger partial charge is 0.493 e. The zero-order chi connectivity index (χ0) is 22.3. The number of aromatic nitrogens is 3. The molecule has 0 bridgehead atoms. The van der Waals surface area contributed by atoms with Gasteiger partial charge in [0.05, 0.1) is 6.61 Å². The first-order chi connectivity index (χ1) is 15.4. The van der Waals surface area contributed by atoms with Crippen molar-refractivity contribution >= 4 is 15.8 Å². The smallest absolute Gasteiger partial charge is 0.225 e. The van der Waals surface area contributed by atoms with Gasteiger partial charge in [-0.25, -0.2) is 23.4 Å². The zero-order valence-electron chi connectivity index (χ0n) is 18.2. The van der Waals surface area contributed by atoms with E-state index < -0.39 is 9.84 Å². The number of rotatable bonds is 7. The van der Waals surface area contributed by atoms with Crippen LogP contribution in [0.3, 0.4) is 0 Å². The topological polar surface area (TPSA) is 85.3 Å². The van der Waals surface area contributed by atoms with Crippen molar-refractivity contribution < 1.29 is 13.2 Å². The second-order valence-corrected chi connectivity index (χ2v) is 10.6. The molecule has 0 amide bonds. The molecule has 8 heteroatoms. The Labute approximate surface area is 188 Å². The Morgan fingerprint density at radius 2 is 1.59 bits per heavy atom. The molecule has 1 unspecified atom stereocenters. The van der Waals surface area contributed by atoms with Crippen LogP contribution in [0.25, 0.3) is 11.1 Å². The number of pyridine rings is 1. The van der Waals surface area contributed by atoms with E-state index in [1.54, 1.807) is 12.3 Å². The standard InChI is InChI=1S/C24H26N4O3S/c1-3-16-10-26-24(27-11-16)28-13-20-21(14-28)22(20)15-31-19-7-4-17(5-8-19)18-6-9-23(25-12-18)32(2,29)30/h4-12,20-22H,3,13-15H2,1-2H3/t20-,21+,22?. The molecule has 2 fully saturated rings. The first kappa shape index (κ1) is 20.9. The lowest BCUT2D eigenvalue weighted by Crippen LogP contribution is -2.27. The molecule has 1 aromatic carbocycles. The first-order valence-electron chi connectivity index (χ1n) is 10.9. The molecular weight excluding hydrogens is 424 g/mol. The normalized spacial score (nSPS) is 21.9. The monoisotopic (exact) mass is 450 g/mol. The maximum atomic E-state index is 11.6. The van der Waals surface area contributed by atoms with E-state index in [0.29, 0.717) is 17.8 Å². The molecular formula is C24H26N4O3S. The highest BCUT2D eigenvalue weighted by Crippen LogP contribution is 2.52. The zero-order valence-corrected chi connectivity index (χ0v) is 19.0. The molecule has 1 aliphatic heterocycles. The van der Waals surface area contributed by atoms with Crippen LogP contribution in [-0.4, -0.2) is 49.3 Å². The molecule has 32 heavy (non-hydrogen) atoms. The van der Waals surface area contributed by atoms with Gasteiger partial charge in [0.1, 0.15) is 5.75 Å². The van der Waals surface area contributed by atoms with E-state index in [9.17, 15) is 8.42 Å². The van der Waals surface area contributed by atoms with Crippen LogP contribution >= 0.6 is 0 Å². The van der Waals surface area contributed by atoms with Gasteiger partial charge in [-0.05, 0) is 53.6 Å². The van der Waals surface area contributed by atoms with Crippen molar-refractivity contribution in [3.63, 3.8) is 0 Å². The van der Waals surface area contributed by atoms with Crippen LogP contribution in [0.4, 0.5) is 5.95 Å². The summed E-state index contributed by atoms with van der Waals surface area (Å²) in [5.41, 5.74) is 3.01. The lowest BCUT2D eigenvalue weighted by atomic mass is 10.1. The van der Waals surface area contributed by atoms with E-state index >= 15 is 0 Å². The van der Waals surface area contributed by atoms with Gasteiger partial charge in [-0.15, -0.1) is 0 Å². The van der Waals surface area contributed by atoms with Crippen molar-refractivity contribution in [1.82, 2.24) is 15.0 Å². The lowest BCUT2D eigenvalue weighted by Gasteiger charge is -2.19. The Morgan fingerprint density at radius 3 is 2.16 bits per heavy atom. The molecule has 7 nitrogen and oxygen atoms in total. The van der Waals surface area contributed by atoms with Gasteiger partial charge in [-0.2, -0.15) is 0 Å². The Hall–Kier alpha value is -3.00. The second kappa shape index (κ2) is 8.16. The summed E-state index contributed by atoms with van der Waals surface area (Å²) in [5.74, 6) is 3.58. The molecule has 2 aromatic heterocycles. The summed E-state index contributed by atoms with van der Waals surface area (Å²) in [7, 11) is -3.29. The molecule has 166 valence electrons. The molecule has 0 N–H and O–H groups in total. The highest BCUT2D eigenvalue weighted by atomic mass is 32.2. The molecule has 1 saturated heterocycles. The van der Waals surface area contributed by atoms with E-state index in [-0.39, 0.29) is 5.03 Å². The number of anilines is 1. The number of piperidine rings is 1. The summed E-state index contributed by atoms with van der Waals surface area (Å²) < 4.78 is 29.2. The third kappa shape index (κ3) is 4.19. The van der Waals surface area contributed by atoms with Gasteiger partial charge in [0.2, 0.25) is 5.95 Å². The van der Waals surface area contributed by atoms with Gasteiger partial charge in [0, 0.05) is 49.4 Å². The number of ether oxygens (including phenoxy) is 1. The number of nitrogens with zero attached hydrogens (tertiary/aromatic N) is 4. The van der Waals surface area contributed by atoms with Crippen molar-refractivity contribution in [1.29, 1.82) is 0 Å². The fourth-order valence-corrected chi connectivity index (χ4v) is 5.02. The maximum Gasteiger partial charge on any atom is 0.225 e. The number of benzene rings is 1. The van der Waals surface area contributed by atoms with Crippen LogP contribution in [0.1, 0.15) is 12.5 Å². The Balaban J connectivity index is 1.13. The Kier molecular flexibility index (Phi) is 5.33. The minimum Gasteiger partial charge on any atom is -0.493 e. The summed E-state index contributed by atoms with van der Waals surface area (Å²) in [6.45, 7) is 4.83. The molecule has 3 heterocycles. The van der Waals surface area contributed by atoms with Crippen LogP contribution in [0.15, 0.2) is 60.0 Å². The number of hydrogen-bond acceptors (Lipinski definition) is 7. The summed E-state index contributed by atoms with van der Waals surface area (Å²) in [6, 6.07) is 11.2. The number of fused-ring (bicyclic) bond motifs is 1. The van der Waals surface area contributed by atoms with Crippen molar-refractivity contribution in [2.45, 2.75) is 18.4 Å². The highest BCUT2D eigenvalue weighted by molar-refractivity contribution is 7.90. The van der Waals surface area contributed by atoms with E-state index in [1.807, 2.05) is 36.7 Å². The highest BCUT2D eigenvalue weighted by Gasteiger charge is 2.56. The van der Waals surface area contributed by atoms with Gasteiger partial charge in [0.25, 0.3) is 0 Å². The van der Waals surface area contributed by atoms with Gasteiger partial charge in [-0.3, -0.25) is 0 Å². The average Bonchev–Trinajstić information content (AvgIpc) is 3.26. The fraction of sp³-hybridized carbons (Fsp3) is 0.375. The molecule has 0 radical (unpaired) electrons. The molecule has 5 rings (SSSR count). The van der Waals surface area contributed by atoms with Gasteiger partial charge in [0.15, 0.2) is 14.9 Å². The van der Waals surface area contributed by atoms with Crippen molar-refractivity contribution in [2.24, 2.45) is 17.8 Å². The Morgan fingerprint density at radius 1 is 0.938 bits per heavy atom. The molecule has 0 spiro atoms. The number of sulfone groups is 1. The van der Waals surface area contributed by atoms with Gasteiger partial charge in [-0.1, -0.05) is 19.1 Å². The van der Waals surface area contributed by atoms with Gasteiger partial charge >= 0.3 is 0 Å². The quantitative estimate of drug-likeness (QED) is 0.546. The van der Waals surface area contributed by atoms with Crippen molar-refractivity contribution in [2.75, 3.05) is 30.9 Å². The number of aryl methyl sites for hydroxylation is 1. The van der Waals surface area contributed by atoms with E-state index in [0.717, 1.165) is 60.8 Å². The number of hydrogen-bond donors (Lipinski definition) is 0. The molecule has 3 aromatic rings. The van der Waals surface area contributed by atoms with Crippen LogP contribution in [0.5, 0.6) is 5.75 Å². The van der Waals surface area contributed by atoms with Gasteiger partial charge < -0.3 is 9.64 Å². The summed E-state index contributed by atoms with van der Waals surface area (Å²) >= 11 is 0. The molecule has 1 aliphatic carbocycles. The third-order valence-corrected chi connectivity index (χ3v) is 7.50. The first-order valence-corrected chi connectivity index (χ1v) is 12.8. The van der Waals surface area contributed by atoms with Crippen LogP contribution in [0.2, 0.25) is 0 Å². The summed E-state index contributed by atoms with van der Waals surface area (Å²) in [6.07, 6.45) is 7.55. The summed E-state index contributed by atoms with van der Waals surface area (Å²) in [5, 5.41) is 0.0827. The van der Waals surface area contributed by atoms with Crippen LogP contribution < -0.4 is 9.64 Å². The molecule has 2 aliphatic rings. The average molecular weight is 451 g/mol. The second-order valence-electron chi connectivity index (χ2n) is 8.63. The minimum atomic E-state index is -3.29. The maximum absolute atomic E-state index is 11.6. The van der Waals surface area contributed by atoms with E-state index in [2.05, 4.69) is 26.8 Å². The van der Waals surface area contributed by atoms with E-state index in [1.165, 1.54) is 6.07 Å². The lowest BCUT2D eigenvalue weighted by molar-refractivity contribution is 0.283. The van der Waals surface area contributed by atoms with Crippen LogP contribution in [0, 0.1) is 17.8 Å². The van der Waals surface area contributed by atoms with E-state index in [4.69, 9.17) is 4.74 Å².